The zero-order valence-electron chi connectivity index (χ0n) is 12.4. The van der Waals surface area contributed by atoms with Crippen molar-refractivity contribution in [1.82, 2.24) is 14.7 Å². The van der Waals surface area contributed by atoms with E-state index < -0.39 is 0 Å². The van der Waals surface area contributed by atoms with Gasteiger partial charge >= 0.3 is 0 Å². The Morgan fingerprint density at radius 1 is 1.55 bits per heavy atom. The Kier molecular flexibility index (Phi) is 5.00. The van der Waals surface area contributed by atoms with E-state index in [2.05, 4.69) is 45.9 Å². The molecule has 1 saturated carbocycles. The van der Waals surface area contributed by atoms with Crippen molar-refractivity contribution in [1.29, 1.82) is 0 Å². The molecule has 0 atom stereocenters. The third-order valence-electron chi connectivity index (χ3n) is 3.95. The molecule has 0 aliphatic heterocycles. The van der Waals surface area contributed by atoms with Crippen LogP contribution in [0.25, 0.3) is 0 Å². The fourth-order valence-electron chi connectivity index (χ4n) is 2.70. The highest BCUT2D eigenvalue weighted by molar-refractivity contribution is 5.81. The highest BCUT2D eigenvalue weighted by atomic mass is 16.4. The van der Waals surface area contributed by atoms with Crippen LogP contribution in [0.5, 0.6) is 0 Å². The molecule has 1 aliphatic rings. The van der Waals surface area contributed by atoms with E-state index in [0.29, 0.717) is 25.2 Å². The number of hydrogen-bond donors (Lipinski definition) is 2. The van der Waals surface area contributed by atoms with Crippen LogP contribution in [-0.4, -0.2) is 38.3 Å². The summed E-state index contributed by atoms with van der Waals surface area (Å²) in [5, 5.41) is 16.4. The van der Waals surface area contributed by atoms with Crippen molar-refractivity contribution in [2.75, 3.05) is 6.54 Å². The SMILES string of the molecule is CC(C)N(CC(N)=NO)Cc1ccn(C2CCCC2)n1. The highest BCUT2D eigenvalue weighted by Crippen LogP contribution is 2.28. The van der Waals surface area contributed by atoms with Gasteiger partial charge in [0.05, 0.1) is 18.3 Å². The lowest BCUT2D eigenvalue weighted by molar-refractivity contribution is 0.235. The summed E-state index contributed by atoms with van der Waals surface area (Å²) in [6.07, 6.45) is 7.16. The Bertz CT molecular complexity index is 448. The monoisotopic (exact) mass is 279 g/mol. The predicted octanol–water partition coefficient (Wildman–Crippen LogP) is 1.95. The second-order valence-corrected chi connectivity index (χ2v) is 5.82. The average Bonchev–Trinajstić information content (AvgIpc) is 3.08. The van der Waals surface area contributed by atoms with Crippen LogP contribution in [0.2, 0.25) is 0 Å². The third-order valence-corrected chi connectivity index (χ3v) is 3.95. The van der Waals surface area contributed by atoms with Crippen LogP contribution >= 0.6 is 0 Å². The molecule has 0 amide bonds. The number of oxime groups is 1. The minimum atomic E-state index is 0.230. The van der Waals surface area contributed by atoms with E-state index in [1.54, 1.807) is 0 Å². The zero-order chi connectivity index (χ0) is 14.5. The Morgan fingerprint density at radius 3 is 2.85 bits per heavy atom. The molecule has 1 aliphatic carbocycles. The molecule has 0 aromatic carbocycles. The molecule has 3 N–H and O–H groups in total. The largest absolute Gasteiger partial charge is 0.409 e. The predicted molar refractivity (Wildman–Crippen MR) is 78.7 cm³/mol. The molecule has 1 fully saturated rings. The molecule has 1 aromatic rings. The number of hydrogen-bond acceptors (Lipinski definition) is 4. The lowest BCUT2D eigenvalue weighted by Crippen LogP contribution is -2.38. The lowest BCUT2D eigenvalue weighted by atomic mass is 10.2. The van der Waals surface area contributed by atoms with Gasteiger partial charge in [-0.05, 0) is 32.8 Å². The maximum Gasteiger partial charge on any atom is 0.153 e. The van der Waals surface area contributed by atoms with Crippen molar-refractivity contribution in [2.45, 2.75) is 58.2 Å². The van der Waals surface area contributed by atoms with Crippen molar-refractivity contribution in [3.05, 3.63) is 18.0 Å². The van der Waals surface area contributed by atoms with Crippen LogP contribution in [0.4, 0.5) is 0 Å². The van der Waals surface area contributed by atoms with Gasteiger partial charge in [-0.1, -0.05) is 18.0 Å². The van der Waals surface area contributed by atoms with Gasteiger partial charge in [0, 0.05) is 18.8 Å². The molecule has 0 saturated heterocycles. The summed E-state index contributed by atoms with van der Waals surface area (Å²) < 4.78 is 2.10. The first kappa shape index (κ1) is 14.8. The minimum Gasteiger partial charge on any atom is -0.409 e. The zero-order valence-corrected chi connectivity index (χ0v) is 12.4. The molecular weight excluding hydrogens is 254 g/mol. The summed E-state index contributed by atoms with van der Waals surface area (Å²) in [7, 11) is 0. The van der Waals surface area contributed by atoms with E-state index in [9.17, 15) is 0 Å². The van der Waals surface area contributed by atoms with Crippen molar-refractivity contribution < 1.29 is 5.21 Å². The molecule has 1 heterocycles. The minimum absolute atomic E-state index is 0.230. The molecule has 112 valence electrons. The molecule has 2 rings (SSSR count). The lowest BCUT2D eigenvalue weighted by Gasteiger charge is -2.24. The Morgan fingerprint density at radius 2 is 2.25 bits per heavy atom. The van der Waals surface area contributed by atoms with Gasteiger partial charge in [0.15, 0.2) is 5.84 Å². The second-order valence-electron chi connectivity index (χ2n) is 5.82. The summed E-state index contributed by atoms with van der Waals surface area (Å²) >= 11 is 0. The molecule has 0 spiro atoms. The van der Waals surface area contributed by atoms with Gasteiger partial charge in [0.2, 0.25) is 0 Å². The maximum atomic E-state index is 8.70. The molecular formula is C14H25N5O. The van der Waals surface area contributed by atoms with Crippen LogP contribution in [-0.2, 0) is 6.54 Å². The second kappa shape index (κ2) is 6.74. The number of aromatic nitrogens is 2. The molecule has 0 unspecified atom stereocenters. The standard InChI is InChI=1S/C14H25N5O/c1-11(2)18(10-14(15)17-20)9-12-7-8-19(16-12)13-5-3-4-6-13/h7-8,11,13,20H,3-6,9-10H2,1-2H3,(H2,15,17). The molecule has 6 nitrogen and oxygen atoms in total. The Balaban J connectivity index is 1.99. The average molecular weight is 279 g/mol. The van der Waals surface area contributed by atoms with E-state index in [0.717, 1.165) is 5.69 Å². The summed E-state index contributed by atoms with van der Waals surface area (Å²) in [4.78, 5) is 2.14. The van der Waals surface area contributed by atoms with Gasteiger partial charge < -0.3 is 10.9 Å². The summed E-state index contributed by atoms with van der Waals surface area (Å²) in [5.74, 6) is 0.230. The van der Waals surface area contributed by atoms with Crippen molar-refractivity contribution >= 4 is 5.84 Å². The molecule has 1 aromatic heterocycles. The topological polar surface area (TPSA) is 79.7 Å². The van der Waals surface area contributed by atoms with E-state index in [1.165, 1.54) is 25.7 Å². The van der Waals surface area contributed by atoms with Gasteiger partial charge in [-0.25, -0.2) is 0 Å². The summed E-state index contributed by atoms with van der Waals surface area (Å²) in [6, 6.07) is 2.95. The smallest absolute Gasteiger partial charge is 0.153 e. The maximum absolute atomic E-state index is 8.70. The Hall–Kier alpha value is -1.56. The first-order valence-corrected chi connectivity index (χ1v) is 7.34. The molecule has 0 bridgehead atoms. The number of nitrogens with zero attached hydrogens (tertiary/aromatic N) is 4. The summed E-state index contributed by atoms with van der Waals surface area (Å²) in [6.45, 7) is 5.36. The first-order chi connectivity index (χ1) is 9.60. The number of nitrogens with two attached hydrogens (primary N) is 1. The van der Waals surface area contributed by atoms with Gasteiger partial charge in [0.1, 0.15) is 0 Å². The van der Waals surface area contributed by atoms with Crippen LogP contribution in [0.15, 0.2) is 17.4 Å². The molecule has 0 radical (unpaired) electrons. The third kappa shape index (κ3) is 3.72. The molecule has 6 heteroatoms. The van der Waals surface area contributed by atoms with E-state index >= 15 is 0 Å². The fraction of sp³-hybridized carbons (Fsp3) is 0.714. The van der Waals surface area contributed by atoms with Gasteiger partial charge in [-0.15, -0.1) is 0 Å². The van der Waals surface area contributed by atoms with Crippen molar-refractivity contribution in [3.8, 4) is 0 Å². The van der Waals surface area contributed by atoms with Crippen LogP contribution in [0, 0.1) is 0 Å². The summed E-state index contributed by atoms with van der Waals surface area (Å²) in [5.41, 5.74) is 6.64. The molecule has 20 heavy (non-hydrogen) atoms. The fourth-order valence-corrected chi connectivity index (χ4v) is 2.70. The first-order valence-electron chi connectivity index (χ1n) is 7.34. The van der Waals surface area contributed by atoms with Crippen LogP contribution in [0.3, 0.4) is 0 Å². The van der Waals surface area contributed by atoms with Gasteiger partial charge in [-0.3, -0.25) is 9.58 Å². The quantitative estimate of drug-likeness (QED) is 0.361. The van der Waals surface area contributed by atoms with E-state index in [-0.39, 0.29) is 5.84 Å². The number of amidine groups is 1. The van der Waals surface area contributed by atoms with Gasteiger partial charge in [0.25, 0.3) is 0 Å². The van der Waals surface area contributed by atoms with E-state index in [4.69, 9.17) is 10.9 Å². The van der Waals surface area contributed by atoms with Gasteiger partial charge in [-0.2, -0.15) is 5.10 Å². The normalized spacial score (nSPS) is 17.5. The van der Waals surface area contributed by atoms with Crippen LogP contribution < -0.4 is 5.73 Å². The van der Waals surface area contributed by atoms with Crippen molar-refractivity contribution in [3.63, 3.8) is 0 Å². The van der Waals surface area contributed by atoms with E-state index in [1.807, 2.05) is 0 Å². The van der Waals surface area contributed by atoms with Crippen molar-refractivity contribution in [2.24, 2.45) is 10.9 Å². The Labute approximate surface area is 120 Å². The van der Waals surface area contributed by atoms with Crippen LogP contribution in [0.1, 0.15) is 51.3 Å². The highest BCUT2D eigenvalue weighted by Gasteiger charge is 2.19. The number of rotatable bonds is 6.